The molecule has 7 aliphatic carbocycles. The van der Waals surface area contributed by atoms with Crippen molar-refractivity contribution in [2.75, 3.05) is 7.11 Å². The topological polar surface area (TPSA) is 43.4 Å². The zero-order valence-electron chi connectivity index (χ0n) is 16.1. The summed E-state index contributed by atoms with van der Waals surface area (Å²) in [6.45, 7) is 4.67. The molecule has 7 saturated carbocycles. The summed E-state index contributed by atoms with van der Waals surface area (Å²) in [5.74, 6) is 7.02. The fraction of sp³-hybridized carbons (Fsp3) is 0.913. The zero-order chi connectivity index (χ0) is 17.7. The Labute approximate surface area is 155 Å². The molecule has 0 aromatic heterocycles. The molecule has 7 fully saturated rings. The molecule has 13 atom stereocenters. The fourth-order valence-electron chi connectivity index (χ4n) is 11.7. The molecule has 0 spiro atoms. The SMILES string of the molecule is COC(=O)[C@]1(C)[C@@H]2[C@@H]3CCC[C@@H]3[C@@H]3[C@@H]2[C@@H]2[C@@H]4[C@H]5[C@H](CC[C@@H]5C(=O)[C@@]43C)[C@@H]21. The Morgan fingerprint density at radius 2 is 1.54 bits per heavy atom. The first-order valence-electron chi connectivity index (χ1n) is 11.1. The molecule has 3 nitrogen and oxygen atoms in total. The summed E-state index contributed by atoms with van der Waals surface area (Å²) >= 11 is 0. The number of fused-ring (bicyclic) bond motifs is 5. The fourth-order valence-corrected chi connectivity index (χ4v) is 11.7. The maximum Gasteiger partial charge on any atom is 0.312 e. The van der Waals surface area contributed by atoms with Gasteiger partial charge >= 0.3 is 5.97 Å². The minimum Gasteiger partial charge on any atom is -0.469 e. The van der Waals surface area contributed by atoms with Crippen molar-refractivity contribution in [3.8, 4) is 0 Å². The Morgan fingerprint density at radius 1 is 0.885 bits per heavy atom. The summed E-state index contributed by atoms with van der Waals surface area (Å²) in [5.41, 5.74) is -0.349. The highest BCUT2D eigenvalue weighted by Gasteiger charge is 2.87. The molecular weight excluding hydrogens is 324 g/mol. The van der Waals surface area contributed by atoms with Crippen LogP contribution in [0.4, 0.5) is 0 Å². The lowest BCUT2D eigenvalue weighted by molar-refractivity contribution is -0.160. The maximum atomic E-state index is 13.7. The van der Waals surface area contributed by atoms with Crippen LogP contribution in [0.5, 0.6) is 0 Å². The minimum absolute atomic E-state index is 0.0580. The molecule has 7 aliphatic rings. The first kappa shape index (κ1) is 15.1. The van der Waals surface area contributed by atoms with Crippen molar-refractivity contribution in [1.29, 1.82) is 0 Å². The van der Waals surface area contributed by atoms with Crippen LogP contribution in [-0.4, -0.2) is 18.9 Å². The van der Waals surface area contributed by atoms with E-state index in [1.807, 2.05) is 0 Å². The number of esters is 1. The van der Waals surface area contributed by atoms with Gasteiger partial charge in [0.25, 0.3) is 0 Å². The van der Waals surface area contributed by atoms with Gasteiger partial charge in [0, 0.05) is 11.3 Å². The van der Waals surface area contributed by atoms with Crippen molar-refractivity contribution in [3.05, 3.63) is 0 Å². The summed E-state index contributed by atoms with van der Waals surface area (Å²) in [6.07, 6.45) is 6.15. The largest absolute Gasteiger partial charge is 0.469 e. The van der Waals surface area contributed by atoms with Crippen molar-refractivity contribution in [2.24, 2.45) is 75.9 Å². The van der Waals surface area contributed by atoms with Crippen molar-refractivity contribution >= 4 is 11.8 Å². The summed E-state index contributed by atoms with van der Waals surface area (Å²) in [6, 6.07) is 0. The molecule has 0 heterocycles. The highest BCUT2D eigenvalue weighted by molar-refractivity contribution is 5.92. The Bertz CT molecular complexity index is 751. The molecule has 0 bridgehead atoms. The van der Waals surface area contributed by atoms with Crippen LogP contribution in [0.2, 0.25) is 0 Å². The van der Waals surface area contributed by atoms with Crippen LogP contribution in [0.1, 0.15) is 46.0 Å². The molecule has 0 saturated heterocycles. The quantitative estimate of drug-likeness (QED) is 0.676. The zero-order valence-corrected chi connectivity index (χ0v) is 16.1. The molecule has 140 valence electrons. The minimum atomic E-state index is -0.291. The summed E-state index contributed by atoms with van der Waals surface area (Å²) < 4.78 is 5.48. The van der Waals surface area contributed by atoms with Crippen molar-refractivity contribution in [1.82, 2.24) is 0 Å². The van der Waals surface area contributed by atoms with Gasteiger partial charge in [-0.3, -0.25) is 9.59 Å². The summed E-state index contributed by atoms with van der Waals surface area (Å²) in [4.78, 5) is 26.9. The van der Waals surface area contributed by atoms with Crippen LogP contribution in [0.3, 0.4) is 0 Å². The van der Waals surface area contributed by atoms with Crippen LogP contribution >= 0.6 is 0 Å². The van der Waals surface area contributed by atoms with Gasteiger partial charge < -0.3 is 4.74 Å². The predicted octanol–water partition coefficient (Wildman–Crippen LogP) is 3.57. The number of ether oxygens (including phenoxy) is 1. The second-order valence-corrected chi connectivity index (χ2v) is 11.4. The molecule has 0 aromatic rings. The molecule has 0 N–H and O–H groups in total. The van der Waals surface area contributed by atoms with Gasteiger partial charge in [-0.05, 0) is 91.8 Å². The highest BCUT2D eigenvalue weighted by atomic mass is 16.5. The Hall–Kier alpha value is -0.860. The van der Waals surface area contributed by atoms with Gasteiger partial charge in [0.1, 0.15) is 5.78 Å². The summed E-state index contributed by atoms with van der Waals surface area (Å²) in [5, 5.41) is 0. The predicted molar refractivity (Wildman–Crippen MR) is 94.7 cm³/mol. The van der Waals surface area contributed by atoms with E-state index in [1.54, 1.807) is 7.11 Å². The van der Waals surface area contributed by atoms with Crippen molar-refractivity contribution < 1.29 is 14.3 Å². The molecule has 7 rings (SSSR count). The van der Waals surface area contributed by atoms with E-state index in [0.29, 0.717) is 70.9 Å². The van der Waals surface area contributed by atoms with Crippen LogP contribution < -0.4 is 0 Å². The molecule has 0 aromatic carbocycles. The lowest BCUT2D eigenvalue weighted by Gasteiger charge is -2.39. The van der Waals surface area contributed by atoms with E-state index >= 15 is 0 Å². The first-order chi connectivity index (χ1) is 12.5. The third kappa shape index (κ3) is 1.13. The number of rotatable bonds is 1. The number of Topliss-reactive ketones (excluding diaryl/α,β-unsaturated/α-hetero) is 1. The Balaban J connectivity index is 1.51. The number of ketones is 1. The van der Waals surface area contributed by atoms with E-state index in [4.69, 9.17) is 4.74 Å². The Morgan fingerprint density at radius 3 is 2.27 bits per heavy atom. The second kappa shape index (κ2) is 4.10. The lowest BCUT2D eigenvalue weighted by atomic mass is 9.64. The number of hydrogen-bond donors (Lipinski definition) is 0. The number of hydrogen-bond acceptors (Lipinski definition) is 3. The van der Waals surface area contributed by atoms with Crippen LogP contribution in [0.15, 0.2) is 0 Å². The molecule has 0 radical (unpaired) electrons. The monoisotopic (exact) mass is 354 g/mol. The van der Waals surface area contributed by atoms with Gasteiger partial charge in [-0.1, -0.05) is 13.3 Å². The third-order valence-electron chi connectivity index (χ3n) is 11.6. The van der Waals surface area contributed by atoms with Crippen LogP contribution in [0, 0.1) is 75.9 Å². The lowest BCUT2D eigenvalue weighted by Crippen LogP contribution is -2.44. The van der Waals surface area contributed by atoms with Gasteiger partial charge in [-0.25, -0.2) is 0 Å². The third-order valence-corrected chi connectivity index (χ3v) is 11.6. The van der Waals surface area contributed by atoms with E-state index in [0.717, 1.165) is 6.42 Å². The van der Waals surface area contributed by atoms with Gasteiger partial charge in [0.15, 0.2) is 0 Å². The van der Waals surface area contributed by atoms with E-state index in [-0.39, 0.29) is 16.8 Å². The molecule has 0 unspecified atom stereocenters. The van der Waals surface area contributed by atoms with Gasteiger partial charge in [-0.2, -0.15) is 0 Å². The van der Waals surface area contributed by atoms with E-state index in [1.165, 1.54) is 25.7 Å². The molecule has 3 heteroatoms. The smallest absolute Gasteiger partial charge is 0.312 e. The maximum absolute atomic E-state index is 13.7. The van der Waals surface area contributed by atoms with Crippen molar-refractivity contribution in [3.63, 3.8) is 0 Å². The van der Waals surface area contributed by atoms with Crippen LogP contribution in [0.25, 0.3) is 0 Å². The normalized spacial score (nSPS) is 68.0. The first-order valence-corrected chi connectivity index (χ1v) is 11.1. The molecular formula is C23H30O3. The van der Waals surface area contributed by atoms with E-state index in [2.05, 4.69) is 13.8 Å². The molecule has 0 aliphatic heterocycles. The standard InChI is InChI=1S/C23H30O3/c1-22-16-9-5-4-6-10(9)17-14(16)15-18(23(17,2)21(25)26-3)11-7-8-12(20(22)24)13(11)19(15)22/h9-19H,4-8H2,1-3H3/t9-,10+,11-,12-,13-,14-,15-,16+,17+,18-,19-,22+,23+/m0/s1. The van der Waals surface area contributed by atoms with E-state index in [9.17, 15) is 9.59 Å². The highest BCUT2D eigenvalue weighted by Crippen LogP contribution is 2.87. The average molecular weight is 354 g/mol. The number of carbonyl (C=O) groups is 2. The van der Waals surface area contributed by atoms with Crippen LogP contribution in [-0.2, 0) is 14.3 Å². The van der Waals surface area contributed by atoms with Gasteiger partial charge in [-0.15, -0.1) is 0 Å². The van der Waals surface area contributed by atoms with Gasteiger partial charge in [0.2, 0.25) is 0 Å². The van der Waals surface area contributed by atoms with Gasteiger partial charge in [0.05, 0.1) is 12.5 Å². The number of methoxy groups -OCH3 is 1. The average Bonchev–Trinajstić information content (AvgIpc) is 3.38. The Kier molecular flexibility index (Phi) is 2.38. The number of carbonyl (C=O) groups excluding carboxylic acids is 2. The molecule has 26 heavy (non-hydrogen) atoms. The summed E-state index contributed by atoms with van der Waals surface area (Å²) in [7, 11) is 1.60. The van der Waals surface area contributed by atoms with E-state index < -0.39 is 0 Å². The molecule has 0 amide bonds. The van der Waals surface area contributed by atoms with Crippen molar-refractivity contribution in [2.45, 2.75) is 46.0 Å². The second-order valence-electron chi connectivity index (χ2n) is 11.4.